The predicted octanol–water partition coefficient (Wildman–Crippen LogP) is -0.446. The van der Waals surface area contributed by atoms with Crippen molar-refractivity contribution in [2.75, 3.05) is 25.9 Å². The molecule has 0 spiro atoms. The topological polar surface area (TPSA) is 114 Å². The zero-order valence-corrected chi connectivity index (χ0v) is 15.5. The van der Waals surface area contributed by atoms with Crippen LogP contribution in [0.4, 0.5) is 0 Å². The number of hydrogen-bond acceptors (Lipinski definition) is 7. The third kappa shape index (κ3) is 3.45. The molecular weight excluding hydrogens is 366 g/mol. The van der Waals surface area contributed by atoms with Gasteiger partial charge in [-0.15, -0.1) is 0 Å². The molecule has 1 saturated heterocycles. The second-order valence-corrected chi connectivity index (χ2v) is 9.69. The van der Waals surface area contributed by atoms with E-state index in [0.717, 1.165) is 12.5 Å². The van der Waals surface area contributed by atoms with Crippen LogP contribution < -0.4 is 5.32 Å². The number of aryl methyl sites for hydroxylation is 1. The van der Waals surface area contributed by atoms with Crippen LogP contribution in [0.15, 0.2) is 40.6 Å². The summed E-state index contributed by atoms with van der Waals surface area (Å²) in [6.45, 7) is 1.25. The summed E-state index contributed by atoms with van der Waals surface area (Å²) in [6.07, 6.45) is 5.49. The molecule has 1 atom stereocenters. The highest BCUT2D eigenvalue weighted by atomic mass is 32.2. The fourth-order valence-electron chi connectivity index (χ4n) is 2.77. The van der Waals surface area contributed by atoms with Crippen molar-refractivity contribution in [3.05, 3.63) is 36.5 Å². The fourth-order valence-corrected chi connectivity index (χ4v) is 4.86. The molecule has 0 aliphatic carbocycles. The van der Waals surface area contributed by atoms with Gasteiger partial charge in [0.05, 0.1) is 6.04 Å². The van der Waals surface area contributed by atoms with Crippen molar-refractivity contribution >= 4 is 19.9 Å². The van der Waals surface area contributed by atoms with Crippen molar-refractivity contribution in [1.29, 1.82) is 0 Å². The molecule has 3 heterocycles. The first kappa shape index (κ1) is 18.0. The van der Waals surface area contributed by atoms with Crippen molar-refractivity contribution < 1.29 is 16.8 Å². The molecule has 1 fully saturated rings. The van der Waals surface area contributed by atoms with Crippen LogP contribution in [0.3, 0.4) is 0 Å². The highest BCUT2D eigenvalue weighted by molar-refractivity contribution is 7.90. The molecule has 2 aromatic rings. The minimum Gasteiger partial charge on any atom is -0.337 e. The first-order valence-electron chi connectivity index (χ1n) is 7.57. The van der Waals surface area contributed by atoms with E-state index in [0.29, 0.717) is 18.9 Å². The number of sulfonamides is 1. The zero-order valence-electron chi connectivity index (χ0n) is 13.8. The molecule has 0 radical (unpaired) electrons. The summed E-state index contributed by atoms with van der Waals surface area (Å²) in [5, 5.41) is 3.02. The van der Waals surface area contributed by atoms with Gasteiger partial charge >= 0.3 is 0 Å². The van der Waals surface area contributed by atoms with E-state index in [1.54, 1.807) is 17.0 Å². The molecule has 3 rings (SSSR count). The van der Waals surface area contributed by atoms with Crippen LogP contribution in [0, 0.1) is 0 Å². The monoisotopic (exact) mass is 385 g/mol. The second-order valence-electron chi connectivity index (χ2n) is 5.84. The maximum Gasteiger partial charge on any atom is 0.245 e. The SMILES string of the molecule is Cn1ccnc1C1CNCCN1S(=O)(=O)c1ccc(S(C)(=O)=O)nc1. The van der Waals surface area contributed by atoms with Crippen LogP contribution in [-0.4, -0.2) is 61.6 Å². The fraction of sp³-hybridized carbons (Fsp3) is 0.429. The summed E-state index contributed by atoms with van der Waals surface area (Å²) in [5.41, 5.74) is 0. The van der Waals surface area contributed by atoms with Gasteiger partial charge in [0, 0.05) is 51.5 Å². The highest BCUT2D eigenvalue weighted by Gasteiger charge is 2.36. The molecule has 1 aliphatic rings. The number of hydrogen-bond donors (Lipinski definition) is 1. The van der Waals surface area contributed by atoms with E-state index < -0.39 is 25.9 Å². The lowest BCUT2D eigenvalue weighted by Gasteiger charge is -2.34. The third-order valence-corrected chi connectivity index (χ3v) is 6.94. The summed E-state index contributed by atoms with van der Waals surface area (Å²) in [6, 6.07) is 2.03. The van der Waals surface area contributed by atoms with Crippen LogP contribution in [0.5, 0.6) is 0 Å². The van der Waals surface area contributed by atoms with Crippen LogP contribution in [0.2, 0.25) is 0 Å². The van der Waals surface area contributed by atoms with Gasteiger partial charge in [0.25, 0.3) is 0 Å². The number of aromatic nitrogens is 3. The first-order valence-corrected chi connectivity index (χ1v) is 10.9. The van der Waals surface area contributed by atoms with Gasteiger partial charge in [-0.3, -0.25) is 0 Å². The van der Waals surface area contributed by atoms with Gasteiger partial charge in [-0.2, -0.15) is 4.31 Å². The lowest BCUT2D eigenvalue weighted by molar-refractivity contribution is 0.258. The normalized spacial score (nSPS) is 19.8. The Labute approximate surface area is 146 Å². The van der Waals surface area contributed by atoms with Gasteiger partial charge in [-0.1, -0.05) is 0 Å². The second kappa shape index (κ2) is 6.48. The molecule has 1 unspecified atom stereocenters. The number of piperazine rings is 1. The van der Waals surface area contributed by atoms with Crippen molar-refractivity contribution in [2.24, 2.45) is 7.05 Å². The van der Waals surface area contributed by atoms with E-state index in [2.05, 4.69) is 15.3 Å². The molecule has 1 N–H and O–H groups in total. The molecule has 0 amide bonds. The predicted molar refractivity (Wildman–Crippen MR) is 90.1 cm³/mol. The molecule has 25 heavy (non-hydrogen) atoms. The average molecular weight is 385 g/mol. The summed E-state index contributed by atoms with van der Waals surface area (Å²) in [4.78, 5) is 8.01. The number of imidazole rings is 1. The maximum atomic E-state index is 13.0. The number of rotatable bonds is 4. The van der Waals surface area contributed by atoms with Crippen LogP contribution in [0.25, 0.3) is 0 Å². The summed E-state index contributed by atoms with van der Waals surface area (Å²) < 4.78 is 52.2. The van der Waals surface area contributed by atoms with Gasteiger partial charge in [0.15, 0.2) is 14.9 Å². The Kier molecular flexibility index (Phi) is 4.66. The van der Waals surface area contributed by atoms with E-state index in [4.69, 9.17) is 0 Å². The Bertz CT molecular complexity index is 967. The largest absolute Gasteiger partial charge is 0.337 e. The average Bonchev–Trinajstić information content (AvgIpc) is 3.00. The van der Waals surface area contributed by atoms with Crippen LogP contribution in [-0.2, 0) is 26.9 Å². The Morgan fingerprint density at radius 3 is 2.52 bits per heavy atom. The van der Waals surface area contributed by atoms with Crippen molar-refractivity contribution in [1.82, 2.24) is 24.2 Å². The number of pyridine rings is 1. The van der Waals surface area contributed by atoms with Gasteiger partial charge in [-0.05, 0) is 12.1 Å². The lowest BCUT2D eigenvalue weighted by atomic mass is 10.2. The maximum absolute atomic E-state index is 13.0. The number of nitrogens with one attached hydrogen (secondary N) is 1. The molecule has 11 heteroatoms. The standard InChI is InChI=1S/C14H19N5O4S2/c1-18-7-6-16-14(18)12-10-15-5-8-19(12)25(22,23)11-3-4-13(17-9-11)24(2,20)21/h3-4,6-7,9,12,15H,5,8,10H2,1-2H3. The smallest absolute Gasteiger partial charge is 0.245 e. The first-order chi connectivity index (χ1) is 11.7. The third-order valence-electron chi connectivity index (χ3n) is 4.05. The Morgan fingerprint density at radius 1 is 1.20 bits per heavy atom. The van der Waals surface area contributed by atoms with Crippen molar-refractivity contribution in [3.63, 3.8) is 0 Å². The van der Waals surface area contributed by atoms with Crippen molar-refractivity contribution in [2.45, 2.75) is 16.0 Å². The van der Waals surface area contributed by atoms with E-state index >= 15 is 0 Å². The molecule has 0 bridgehead atoms. The molecule has 2 aromatic heterocycles. The molecule has 136 valence electrons. The zero-order chi connectivity index (χ0) is 18.2. The summed E-state index contributed by atoms with van der Waals surface area (Å²) in [5.74, 6) is 0.636. The van der Waals surface area contributed by atoms with E-state index in [9.17, 15) is 16.8 Å². The van der Waals surface area contributed by atoms with Gasteiger partial charge < -0.3 is 9.88 Å². The van der Waals surface area contributed by atoms with Crippen molar-refractivity contribution in [3.8, 4) is 0 Å². The summed E-state index contributed by atoms with van der Waals surface area (Å²) in [7, 11) is -5.51. The van der Waals surface area contributed by atoms with Gasteiger partial charge in [0.1, 0.15) is 10.7 Å². The molecule has 0 aromatic carbocycles. The molecule has 1 aliphatic heterocycles. The van der Waals surface area contributed by atoms with Gasteiger partial charge in [-0.25, -0.2) is 26.8 Å². The lowest BCUT2D eigenvalue weighted by Crippen LogP contribution is -2.49. The number of nitrogens with zero attached hydrogens (tertiary/aromatic N) is 4. The minimum atomic E-state index is -3.83. The molecule has 0 saturated carbocycles. The Balaban J connectivity index is 1.98. The molecular formula is C14H19N5O4S2. The van der Waals surface area contributed by atoms with E-state index in [-0.39, 0.29) is 16.5 Å². The minimum absolute atomic E-state index is 0.0407. The van der Waals surface area contributed by atoms with Crippen LogP contribution >= 0.6 is 0 Å². The molecule has 9 nitrogen and oxygen atoms in total. The quantitative estimate of drug-likeness (QED) is 0.758. The van der Waals surface area contributed by atoms with E-state index in [1.807, 2.05) is 7.05 Å². The van der Waals surface area contributed by atoms with Crippen LogP contribution in [0.1, 0.15) is 11.9 Å². The Morgan fingerprint density at radius 2 is 1.96 bits per heavy atom. The van der Waals surface area contributed by atoms with E-state index in [1.165, 1.54) is 16.4 Å². The highest BCUT2D eigenvalue weighted by Crippen LogP contribution is 2.27. The number of sulfone groups is 1. The Hall–Kier alpha value is -1.82. The van der Waals surface area contributed by atoms with Gasteiger partial charge in [0.2, 0.25) is 10.0 Å². The summed E-state index contributed by atoms with van der Waals surface area (Å²) >= 11 is 0.